The van der Waals surface area contributed by atoms with Gasteiger partial charge in [0.2, 0.25) is 5.91 Å². The lowest BCUT2D eigenvalue weighted by Crippen LogP contribution is -2.09. The van der Waals surface area contributed by atoms with Gasteiger partial charge in [0.05, 0.1) is 19.4 Å². The van der Waals surface area contributed by atoms with Crippen molar-refractivity contribution in [3.8, 4) is 23.8 Å². The van der Waals surface area contributed by atoms with Crippen LogP contribution in [-0.2, 0) is 4.79 Å². The topological polar surface area (TPSA) is 64.6 Å². The second-order valence-electron chi connectivity index (χ2n) is 5.95. The molecule has 0 spiro atoms. The van der Waals surface area contributed by atoms with Crippen LogP contribution in [0.3, 0.4) is 0 Å². The highest BCUT2D eigenvalue weighted by atomic mass is 16.5. The average Bonchev–Trinajstić information content (AvgIpc) is 2.73. The van der Waals surface area contributed by atoms with E-state index in [1.54, 1.807) is 49.6 Å². The number of unbranched alkanes of at least 4 members (excludes halogenated alkanes) is 2. The molecule has 1 amide bonds. The Bertz CT molecular complexity index is 880. The van der Waals surface area contributed by atoms with Crippen LogP contribution in [0.25, 0.3) is 6.08 Å². The number of rotatable bonds is 10. The van der Waals surface area contributed by atoms with E-state index in [0.717, 1.165) is 24.8 Å². The second kappa shape index (κ2) is 11.2. The Labute approximate surface area is 165 Å². The lowest BCUT2D eigenvalue weighted by atomic mass is 10.1. The number of hydrogen-bond acceptors (Lipinski definition) is 4. The van der Waals surface area contributed by atoms with Crippen molar-refractivity contribution in [2.45, 2.75) is 19.3 Å². The predicted octanol–water partition coefficient (Wildman–Crippen LogP) is 4.34. The average molecular weight is 377 g/mol. The molecule has 0 aliphatic carbocycles. The summed E-state index contributed by atoms with van der Waals surface area (Å²) in [5.74, 6) is 3.50. The highest BCUT2D eigenvalue weighted by molar-refractivity contribution is 6.04. The zero-order chi connectivity index (χ0) is 20.2. The summed E-state index contributed by atoms with van der Waals surface area (Å²) in [6, 6.07) is 12.2. The van der Waals surface area contributed by atoms with E-state index < -0.39 is 0 Å². The van der Waals surface area contributed by atoms with Crippen molar-refractivity contribution < 1.29 is 19.1 Å². The number of para-hydroxylation sites is 1. The van der Waals surface area contributed by atoms with Crippen LogP contribution < -0.4 is 14.8 Å². The number of carbonyl (C=O) groups is 2. The molecule has 0 aliphatic rings. The summed E-state index contributed by atoms with van der Waals surface area (Å²) >= 11 is 0. The highest BCUT2D eigenvalue weighted by Crippen LogP contribution is 2.28. The molecule has 2 rings (SSSR count). The fourth-order valence-corrected chi connectivity index (χ4v) is 2.48. The Hall–Kier alpha value is -3.52. The molecule has 2 aromatic rings. The van der Waals surface area contributed by atoms with Gasteiger partial charge >= 0.3 is 0 Å². The van der Waals surface area contributed by atoms with Crippen LogP contribution in [0.2, 0.25) is 0 Å². The van der Waals surface area contributed by atoms with Crippen molar-refractivity contribution in [3.05, 3.63) is 59.7 Å². The maximum atomic E-state index is 12.1. The van der Waals surface area contributed by atoms with Crippen molar-refractivity contribution in [2.24, 2.45) is 0 Å². The lowest BCUT2D eigenvalue weighted by molar-refractivity contribution is -0.111. The zero-order valence-corrected chi connectivity index (χ0v) is 15.8. The quantitative estimate of drug-likeness (QED) is 0.289. The third-order valence-corrected chi connectivity index (χ3v) is 3.93. The van der Waals surface area contributed by atoms with E-state index in [1.807, 2.05) is 6.07 Å². The molecule has 0 atom stereocenters. The van der Waals surface area contributed by atoms with Gasteiger partial charge in [-0.1, -0.05) is 18.2 Å². The lowest BCUT2D eigenvalue weighted by Gasteiger charge is -2.11. The molecule has 144 valence electrons. The Kier molecular flexibility index (Phi) is 8.35. The fraction of sp³-hybridized carbons (Fsp3) is 0.217. The van der Waals surface area contributed by atoms with Gasteiger partial charge in [0.15, 0.2) is 17.8 Å². The van der Waals surface area contributed by atoms with E-state index in [4.69, 9.17) is 15.9 Å². The molecule has 0 radical (unpaired) electrons. The maximum absolute atomic E-state index is 12.1. The van der Waals surface area contributed by atoms with E-state index in [1.165, 1.54) is 6.08 Å². The molecule has 5 heteroatoms. The summed E-state index contributed by atoms with van der Waals surface area (Å²) in [5, 5.41) is 2.69. The third-order valence-electron chi connectivity index (χ3n) is 3.93. The van der Waals surface area contributed by atoms with E-state index >= 15 is 0 Å². The van der Waals surface area contributed by atoms with E-state index in [0.29, 0.717) is 35.6 Å². The largest absolute Gasteiger partial charge is 0.493 e. The number of terminal acetylenes is 1. The number of benzene rings is 2. The predicted molar refractivity (Wildman–Crippen MR) is 111 cm³/mol. The van der Waals surface area contributed by atoms with Crippen LogP contribution >= 0.6 is 0 Å². The number of hydrogen-bond donors (Lipinski definition) is 1. The highest BCUT2D eigenvalue weighted by Gasteiger charge is 2.06. The number of anilines is 1. The monoisotopic (exact) mass is 377 g/mol. The van der Waals surface area contributed by atoms with Crippen molar-refractivity contribution in [1.29, 1.82) is 0 Å². The maximum Gasteiger partial charge on any atom is 0.248 e. The minimum absolute atomic E-state index is 0.331. The van der Waals surface area contributed by atoms with Crippen LogP contribution in [0.1, 0.15) is 35.2 Å². The summed E-state index contributed by atoms with van der Waals surface area (Å²) in [5.41, 5.74) is 1.68. The minimum Gasteiger partial charge on any atom is -0.493 e. The first kappa shape index (κ1) is 20.8. The third kappa shape index (κ3) is 6.33. The smallest absolute Gasteiger partial charge is 0.248 e. The SMILES string of the molecule is C#CCCCCOc1ccc(/C=C/C(=O)Nc2ccccc2C=O)cc1OC. The van der Waals surface area contributed by atoms with E-state index in [-0.39, 0.29) is 5.91 Å². The number of aldehydes is 1. The molecule has 0 aliphatic heterocycles. The van der Waals surface area contributed by atoms with Crippen LogP contribution in [0.15, 0.2) is 48.5 Å². The van der Waals surface area contributed by atoms with Gasteiger partial charge in [0.1, 0.15) is 0 Å². The minimum atomic E-state index is -0.331. The molecule has 1 N–H and O–H groups in total. The Morgan fingerprint density at radius 1 is 1.18 bits per heavy atom. The summed E-state index contributed by atoms with van der Waals surface area (Å²) in [6.45, 7) is 0.561. The van der Waals surface area contributed by atoms with Gasteiger partial charge in [-0.25, -0.2) is 0 Å². The van der Waals surface area contributed by atoms with Crippen LogP contribution in [-0.4, -0.2) is 25.9 Å². The fourth-order valence-electron chi connectivity index (χ4n) is 2.48. The summed E-state index contributed by atoms with van der Waals surface area (Å²) in [7, 11) is 1.57. The Morgan fingerprint density at radius 3 is 2.75 bits per heavy atom. The molecule has 0 aromatic heterocycles. The molecular formula is C23H23NO4. The first-order valence-corrected chi connectivity index (χ1v) is 8.95. The van der Waals surface area contributed by atoms with Crippen LogP contribution in [0, 0.1) is 12.3 Å². The zero-order valence-electron chi connectivity index (χ0n) is 15.8. The van der Waals surface area contributed by atoms with Crippen molar-refractivity contribution >= 4 is 24.0 Å². The van der Waals surface area contributed by atoms with Crippen molar-refractivity contribution in [3.63, 3.8) is 0 Å². The van der Waals surface area contributed by atoms with Crippen LogP contribution in [0.5, 0.6) is 11.5 Å². The normalized spacial score (nSPS) is 10.3. The van der Waals surface area contributed by atoms with Crippen LogP contribution in [0.4, 0.5) is 5.69 Å². The summed E-state index contributed by atoms with van der Waals surface area (Å²) in [4.78, 5) is 23.1. The molecule has 5 nitrogen and oxygen atoms in total. The Balaban J connectivity index is 1.98. The second-order valence-corrected chi connectivity index (χ2v) is 5.95. The van der Waals surface area contributed by atoms with E-state index in [2.05, 4.69) is 11.2 Å². The number of amides is 1. The molecule has 0 heterocycles. The van der Waals surface area contributed by atoms with Gasteiger partial charge in [-0.15, -0.1) is 12.3 Å². The van der Waals surface area contributed by atoms with Gasteiger partial charge in [-0.2, -0.15) is 0 Å². The van der Waals surface area contributed by atoms with Gasteiger partial charge in [-0.3, -0.25) is 9.59 Å². The molecule has 0 saturated carbocycles. The van der Waals surface area contributed by atoms with Gasteiger partial charge in [0, 0.05) is 18.1 Å². The van der Waals surface area contributed by atoms with Gasteiger partial charge in [0.25, 0.3) is 0 Å². The molecular weight excluding hydrogens is 354 g/mol. The molecule has 2 aromatic carbocycles. The van der Waals surface area contributed by atoms with Crippen molar-refractivity contribution in [1.82, 2.24) is 0 Å². The molecule has 0 fully saturated rings. The molecule has 28 heavy (non-hydrogen) atoms. The molecule has 0 bridgehead atoms. The summed E-state index contributed by atoms with van der Waals surface area (Å²) in [6.07, 6.45) is 11.5. The van der Waals surface area contributed by atoms with E-state index in [9.17, 15) is 9.59 Å². The standard InChI is InChI=1S/C23H23NO4/c1-3-4-5-8-15-28-21-13-11-18(16-22(21)27-2)12-14-23(26)24-20-10-7-6-9-19(20)17-25/h1,6-7,9-14,16-17H,4-5,8,15H2,2H3,(H,24,26)/b14-12+. The molecule has 0 saturated heterocycles. The number of nitrogens with one attached hydrogen (secondary N) is 1. The number of ether oxygens (including phenoxy) is 2. The first-order valence-electron chi connectivity index (χ1n) is 8.95. The van der Waals surface area contributed by atoms with Gasteiger partial charge in [-0.05, 0) is 48.7 Å². The van der Waals surface area contributed by atoms with Gasteiger partial charge < -0.3 is 14.8 Å². The Morgan fingerprint density at radius 2 is 2.00 bits per heavy atom. The number of methoxy groups -OCH3 is 1. The summed E-state index contributed by atoms with van der Waals surface area (Å²) < 4.78 is 11.1. The van der Waals surface area contributed by atoms with Crippen molar-refractivity contribution in [2.75, 3.05) is 19.0 Å². The molecule has 0 unspecified atom stereocenters. The first-order chi connectivity index (χ1) is 13.7. The number of carbonyl (C=O) groups excluding carboxylic acids is 2.